The summed E-state index contributed by atoms with van der Waals surface area (Å²) in [5.74, 6) is 1.28. The number of hydrogen-bond acceptors (Lipinski definition) is 12. The van der Waals surface area contributed by atoms with E-state index in [1.54, 1.807) is 44.4 Å². The summed E-state index contributed by atoms with van der Waals surface area (Å²) in [4.78, 5) is 44.4. The van der Waals surface area contributed by atoms with Crippen molar-refractivity contribution in [1.82, 2.24) is 9.47 Å². The van der Waals surface area contributed by atoms with Crippen molar-refractivity contribution in [2.24, 2.45) is 0 Å². The largest absolute Gasteiger partial charge is 0.514 e. The third-order valence-corrected chi connectivity index (χ3v) is 10.6. The second-order valence-corrected chi connectivity index (χ2v) is 13.5. The third kappa shape index (κ3) is 7.00. The Bertz CT molecular complexity index is 1870. The SMILES string of the molecule is COc1cc2c3c(n(CCCN4CCOCC4)c(=O)c2cc1OC)-c1cc(OC)c(OC(=O)OCCSSc2ccccc2)cc1C3=O. The zero-order valence-electron chi connectivity index (χ0n) is 26.9. The molecule has 0 amide bonds. The Balaban J connectivity index is 1.29. The maximum Gasteiger partial charge on any atom is 0.514 e. The molecule has 4 aromatic rings. The van der Waals surface area contributed by atoms with Gasteiger partial charge in [-0.2, -0.15) is 0 Å². The molecule has 1 aliphatic heterocycles. The zero-order chi connectivity index (χ0) is 33.6. The summed E-state index contributed by atoms with van der Waals surface area (Å²) in [5, 5.41) is 0.791. The lowest BCUT2D eigenvalue weighted by Gasteiger charge is -2.26. The molecule has 0 spiro atoms. The lowest BCUT2D eigenvalue weighted by molar-refractivity contribution is 0.0369. The number of fused-ring (bicyclic) bond motifs is 5. The molecule has 0 saturated carbocycles. The molecule has 1 aliphatic carbocycles. The average Bonchev–Trinajstić information content (AvgIpc) is 3.40. The van der Waals surface area contributed by atoms with Gasteiger partial charge in [0.2, 0.25) is 0 Å². The topological polar surface area (TPSA) is 115 Å². The van der Waals surface area contributed by atoms with Crippen molar-refractivity contribution in [2.75, 3.05) is 66.5 Å². The van der Waals surface area contributed by atoms with Gasteiger partial charge in [0.1, 0.15) is 6.61 Å². The molecule has 13 heteroatoms. The highest BCUT2D eigenvalue weighted by Crippen LogP contribution is 2.46. The Hall–Kier alpha value is -4.17. The minimum absolute atomic E-state index is 0.0403. The quantitative estimate of drug-likeness (QED) is 0.0632. The first kappa shape index (κ1) is 33.7. The highest BCUT2D eigenvalue weighted by Gasteiger charge is 2.35. The molecule has 1 fully saturated rings. The van der Waals surface area contributed by atoms with E-state index in [0.717, 1.165) is 24.5 Å². The van der Waals surface area contributed by atoms with E-state index in [4.69, 9.17) is 28.4 Å². The van der Waals surface area contributed by atoms with E-state index in [9.17, 15) is 14.4 Å². The van der Waals surface area contributed by atoms with Crippen LogP contribution in [0.3, 0.4) is 0 Å². The summed E-state index contributed by atoms with van der Waals surface area (Å²) in [6, 6.07) is 16.3. The molecule has 6 rings (SSSR count). The maximum absolute atomic E-state index is 14.2. The Morgan fingerprint density at radius 2 is 1.50 bits per heavy atom. The molecular weight excluding hydrogens is 657 g/mol. The van der Waals surface area contributed by atoms with Gasteiger partial charge in [-0.15, -0.1) is 0 Å². The van der Waals surface area contributed by atoms with Gasteiger partial charge in [-0.1, -0.05) is 39.8 Å². The summed E-state index contributed by atoms with van der Waals surface area (Å²) in [7, 11) is 7.59. The molecule has 0 radical (unpaired) electrons. The number of methoxy groups -OCH3 is 3. The van der Waals surface area contributed by atoms with Crippen molar-refractivity contribution in [2.45, 2.75) is 17.9 Å². The first-order chi connectivity index (χ1) is 23.4. The number of rotatable bonds is 13. The predicted molar refractivity (Wildman–Crippen MR) is 185 cm³/mol. The van der Waals surface area contributed by atoms with Crippen molar-refractivity contribution in [1.29, 1.82) is 0 Å². The molecule has 2 heterocycles. The Morgan fingerprint density at radius 3 is 2.21 bits per heavy atom. The number of carbonyl (C=O) groups excluding carboxylic acids is 2. The maximum atomic E-state index is 14.2. The Labute approximate surface area is 285 Å². The van der Waals surface area contributed by atoms with Gasteiger partial charge in [0.05, 0.1) is 51.2 Å². The Morgan fingerprint density at radius 1 is 0.833 bits per heavy atom. The Kier molecular flexibility index (Phi) is 10.8. The highest BCUT2D eigenvalue weighted by molar-refractivity contribution is 8.76. The van der Waals surface area contributed by atoms with Gasteiger partial charge < -0.3 is 33.0 Å². The number of ether oxygens (including phenoxy) is 6. The molecule has 11 nitrogen and oxygen atoms in total. The number of nitrogens with zero attached hydrogens (tertiary/aromatic N) is 2. The number of hydrogen-bond donors (Lipinski definition) is 0. The number of carbonyl (C=O) groups is 2. The molecule has 0 N–H and O–H groups in total. The van der Waals surface area contributed by atoms with Gasteiger partial charge >= 0.3 is 6.16 Å². The first-order valence-electron chi connectivity index (χ1n) is 15.5. The summed E-state index contributed by atoms with van der Waals surface area (Å²) in [5.41, 5.74) is 1.40. The van der Waals surface area contributed by atoms with E-state index in [1.165, 1.54) is 27.4 Å². The van der Waals surface area contributed by atoms with Crippen molar-refractivity contribution < 1.29 is 38.0 Å². The number of ketones is 1. The van der Waals surface area contributed by atoms with Gasteiger partial charge in [0.25, 0.3) is 5.56 Å². The van der Waals surface area contributed by atoms with Crippen LogP contribution < -0.4 is 24.5 Å². The van der Waals surface area contributed by atoms with E-state index in [2.05, 4.69) is 4.90 Å². The lowest BCUT2D eigenvalue weighted by Crippen LogP contribution is -2.37. The van der Waals surface area contributed by atoms with Crippen LogP contribution in [-0.2, 0) is 16.0 Å². The predicted octanol–water partition coefficient (Wildman–Crippen LogP) is 5.92. The van der Waals surface area contributed by atoms with Gasteiger partial charge in [0, 0.05) is 53.3 Å². The number of aromatic nitrogens is 1. The fourth-order valence-electron chi connectivity index (χ4n) is 5.95. The molecule has 252 valence electrons. The summed E-state index contributed by atoms with van der Waals surface area (Å²) in [6.45, 7) is 4.31. The smallest absolute Gasteiger partial charge is 0.493 e. The van der Waals surface area contributed by atoms with Crippen molar-refractivity contribution in [3.63, 3.8) is 0 Å². The highest BCUT2D eigenvalue weighted by atomic mass is 33.1. The summed E-state index contributed by atoms with van der Waals surface area (Å²) >= 11 is 0. The van der Waals surface area contributed by atoms with Crippen LogP contribution in [-0.4, -0.2) is 87.9 Å². The van der Waals surface area contributed by atoms with E-state index in [0.29, 0.717) is 71.0 Å². The van der Waals surface area contributed by atoms with Crippen LogP contribution >= 0.6 is 21.6 Å². The summed E-state index contributed by atoms with van der Waals surface area (Å²) in [6.07, 6.45) is -0.232. The van der Waals surface area contributed by atoms with E-state index < -0.39 is 6.16 Å². The van der Waals surface area contributed by atoms with E-state index in [1.807, 2.05) is 30.3 Å². The molecule has 1 saturated heterocycles. The van der Waals surface area contributed by atoms with E-state index in [-0.39, 0.29) is 35.0 Å². The molecular formula is C35H36N2O9S2. The second kappa shape index (κ2) is 15.4. The van der Waals surface area contributed by atoms with Gasteiger partial charge in [0.15, 0.2) is 28.8 Å². The lowest BCUT2D eigenvalue weighted by atomic mass is 10.0. The van der Waals surface area contributed by atoms with Gasteiger partial charge in [-0.05, 0) is 42.8 Å². The van der Waals surface area contributed by atoms with Crippen LogP contribution in [0, 0.1) is 0 Å². The molecule has 3 aromatic carbocycles. The second-order valence-electron chi connectivity index (χ2n) is 11.0. The van der Waals surface area contributed by atoms with Crippen LogP contribution in [0.25, 0.3) is 22.0 Å². The summed E-state index contributed by atoms with van der Waals surface area (Å²) < 4.78 is 34.6. The molecule has 0 unspecified atom stereocenters. The van der Waals surface area contributed by atoms with E-state index >= 15 is 0 Å². The first-order valence-corrected chi connectivity index (χ1v) is 17.8. The monoisotopic (exact) mass is 692 g/mol. The van der Waals surface area contributed by atoms with Crippen molar-refractivity contribution in [3.05, 3.63) is 76.1 Å². The van der Waals surface area contributed by atoms with Crippen LogP contribution in [0.5, 0.6) is 23.0 Å². The van der Waals surface area contributed by atoms with Crippen molar-refractivity contribution >= 4 is 44.3 Å². The fraction of sp³-hybridized carbons (Fsp3) is 0.343. The number of benzene rings is 3. The molecule has 0 bridgehead atoms. The van der Waals surface area contributed by atoms with Crippen LogP contribution in [0.4, 0.5) is 4.79 Å². The average molecular weight is 693 g/mol. The molecule has 0 atom stereocenters. The molecule has 2 aliphatic rings. The normalized spacial score (nSPS) is 14.0. The third-order valence-electron chi connectivity index (χ3n) is 8.24. The number of morpholine rings is 1. The van der Waals surface area contributed by atoms with Crippen LogP contribution in [0.1, 0.15) is 22.3 Å². The minimum Gasteiger partial charge on any atom is -0.493 e. The molecule has 48 heavy (non-hydrogen) atoms. The molecule has 1 aromatic heterocycles. The minimum atomic E-state index is -0.913. The standard InChI is InChI=1S/C35H36N2O9S2/c1-41-27-18-23-26(21-28(27)42-2)34(39)37(11-7-10-36-12-14-44-15-13-36)32-24-19-29(43-3)30(20-25(24)33(38)31(23)32)46-35(40)45-16-17-47-48-22-8-5-4-6-9-22/h4-6,8-9,18-21H,7,10-17H2,1-3H3. The van der Waals surface area contributed by atoms with Gasteiger partial charge in [-0.25, -0.2) is 4.79 Å². The van der Waals surface area contributed by atoms with Crippen molar-refractivity contribution in [3.8, 4) is 34.3 Å². The zero-order valence-corrected chi connectivity index (χ0v) is 28.6. The fourth-order valence-corrected chi connectivity index (χ4v) is 7.79. The number of pyridine rings is 1. The van der Waals surface area contributed by atoms with Crippen LogP contribution in [0.2, 0.25) is 0 Å². The van der Waals surface area contributed by atoms with Crippen LogP contribution in [0.15, 0.2) is 64.3 Å². The van der Waals surface area contributed by atoms with Gasteiger partial charge in [-0.3, -0.25) is 14.5 Å².